The number of rotatable bonds is 6. The summed E-state index contributed by atoms with van der Waals surface area (Å²) in [5, 5.41) is 5.43. The van der Waals surface area contributed by atoms with Gasteiger partial charge >= 0.3 is 0 Å². The van der Waals surface area contributed by atoms with Crippen molar-refractivity contribution in [1.29, 1.82) is 0 Å². The zero-order valence-corrected chi connectivity index (χ0v) is 22.9. The van der Waals surface area contributed by atoms with Crippen molar-refractivity contribution < 1.29 is 14.4 Å². The lowest BCUT2D eigenvalue weighted by atomic mass is 9.76. The minimum atomic E-state index is -1.30. The number of thioether (sulfide) groups is 1. The fourth-order valence-corrected chi connectivity index (χ4v) is 7.49. The molecule has 6 nitrogen and oxygen atoms in total. The topological polar surface area (TPSA) is 69.7 Å². The highest BCUT2D eigenvalue weighted by Crippen LogP contribution is 2.56. The predicted octanol–water partition coefficient (Wildman–Crippen LogP) is 5.11. The molecular weight excluding hydrogens is 518 g/mol. The Morgan fingerprint density at radius 1 is 0.800 bits per heavy atom. The first-order chi connectivity index (χ1) is 19.6. The number of amides is 3. The number of hydrogen-bond acceptors (Lipinski definition) is 5. The van der Waals surface area contributed by atoms with Gasteiger partial charge in [-0.1, -0.05) is 84.9 Å². The maximum absolute atomic E-state index is 14.6. The number of nitrogens with zero attached hydrogens (tertiary/aromatic N) is 2. The van der Waals surface area contributed by atoms with Crippen LogP contribution in [0.4, 0.5) is 11.4 Å². The lowest BCUT2D eigenvalue weighted by Crippen LogP contribution is -2.55. The smallest absolute Gasteiger partial charge is 0.253 e. The molecule has 2 fully saturated rings. The molecule has 2 saturated heterocycles. The van der Waals surface area contributed by atoms with E-state index >= 15 is 0 Å². The molecule has 1 N–H and O–H groups in total. The third-order valence-electron chi connectivity index (χ3n) is 8.69. The first-order valence-corrected chi connectivity index (χ1v) is 15.0. The molecule has 0 aromatic heterocycles. The van der Waals surface area contributed by atoms with Crippen LogP contribution in [0.5, 0.6) is 0 Å². The summed E-state index contributed by atoms with van der Waals surface area (Å²) in [5.74, 6) is -1.35. The van der Waals surface area contributed by atoms with Crippen LogP contribution in [0, 0.1) is 11.8 Å². The summed E-state index contributed by atoms with van der Waals surface area (Å²) < 4.78 is 0. The number of anilines is 2. The summed E-state index contributed by atoms with van der Waals surface area (Å²) in [5.41, 5.74) is 1.85. The second-order valence-corrected chi connectivity index (χ2v) is 11.7. The van der Waals surface area contributed by atoms with E-state index in [1.54, 1.807) is 16.7 Å². The SMILES string of the molecule is CSCC[C@@H]1N[C@]2(C(=O)N(Cc3ccccc3)c3ccccc32)[C@H]2C(=O)N(c3cccc4ccccc34)C(=O)[C@@H]12. The first kappa shape index (κ1) is 25.1. The number of para-hydroxylation sites is 1. The highest BCUT2D eigenvalue weighted by molar-refractivity contribution is 7.98. The molecule has 0 bridgehead atoms. The van der Waals surface area contributed by atoms with Crippen molar-refractivity contribution in [2.75, 3.05) is 21.8 Å². The molecule has 3 aliphatic rings. The van der Waals surface area contributed by atoms with Gasteiger partial charge in [-0.15, -0.1) is 0 Å². The van der Waals surface area contributed by atoms with Gasteiger partial charge in [0.2, 0.25) is 11.8 Å². The summed E-state index contributed by atoms with van der Waals surface area (Å²) >= 11 is 1.70. The normalized spacial score (nSPS) is 25.3. The van der Waals surface area contributed by atoms with E-state index in [9.17, 15) is 14.4 Å². The Hall–Kier alpha value is -3.94. The van der Waals surface area contributed by atoms with E-state index in [-0.39, 0.29) is 23.8 Å². The molecule has 3 aliphatic heterocycles. The van der Waals surface area contributed by atoms with E-state index in [1.807, 2.05) is 103 Å². The summed E-state index contributed by atoms with van der Waals surface area (Å²) in [6.45, 7) is 0.391. The van der Waals surface area contributed by atoms with Gasteiger partial charge in [0, 0.05) is 22.7 Å². The fourth-order valence-electron chi connectivity index (χ4n) is 7.00. The van der Waals surface area contributed by atoms with Gasteiger partial charge in [0.25, 0.3) is 5.91 Å². The number of hydrogen-bond donors (Lipinski definition) is 1. The Morgan fingerprint density at radius 2 is 1.50 bits per heavy atom. The molecule has 4 aromatic carbocycles. The highest BCUT2D eigenvalue weighted by atomic mass is 32.2. The summed E-state index contributed by atoms with van der Waals surface area (Å²) in [6, 6.07) is 30.8. The maximum Gasteiger partial charge on any atom is 0.253 e. The van der Waals surface area contributed by atoms with Gasteiger partial charge in [0.05, 0.1) is 24.1 Å². The largest absolute Gasteiger partial charge is 0.306 e. The Balaban J connectivity index is 1.38. The third-order valence-corrected chi connectivity index (χ3v) is 9.33. The van der Waals surface area contributed by atoms with Crippen molar-refractivity contribution in [1.82, 2.24) is 5.32 Å². The molecule has 3 heterocycles. The van der Waals surface area contributed by atoms with Crippen LogP contribution in [0.15, 0.2) is 97.1 Å². The van der Waals surface area contributed by atoms with Crippen LogP contribution in [0.2, 0.25) is 0 Å². The lowest BCUT2D eigenvalue weighted by molar-refractivity contribution is -0.132. The molecule has 40 heavy (non-hydrogen) atoms. The molecule has 0 saturated carbocycles. The molecule has 200 valence electrons. The summed E-state index contributed by atoms with van der Waals surface area (Å²) in [7, 11) is 0. The van der Waals surface area contributed by atoms with Gasteiger partial charge < -0.3 is 4.90 Å². The van der Waals surface area contributed by atoms with Crippen molar-refractivity contribution in [3.63, 3.8) is 0 Å². The molecule has 4 aromatic rings. The van der Waals surface area contributed by atoms with E-state index < -0.39 is 17.4 Å². The van der Waals surface area contributed by atoms with E-state index in [1.165, 1.54) is 4.90 Å². The maximum atomic E-state index is 14.6. The van der Waals surface area contributed by atoms with Gasteiger partial charge in [-0.25, -0.2) is 4.90 Å². The predicted molar refractivity (Wildman–Crippen MR) is 159 cm³/mol. The molecular formula is C33H29N3O3S. The fraction of sp³-hybridized carbons (Fsp3) is 0.242. The van der Waals surface area contributed by atoms with Crippen LogP contribution in [0.1, 0.15) is 17.5 Å². The quantitative estimate of drug-likeness (QED) is 0.340. The molecule has 4 atom stereocenters. The third kappa shape index (κ3) is 3.50. The zero-order valence-electron chi connectivity index (χ0n) is 22.1. The molecule has 7 rings (SSSR count). The van der Waals surface area contributed by atoms with E-state index in [0.717, 1.165) is 33.3 Å². The van der Waals surface area contributed by atoms with Gasteiger partial charge in [0.15, 0.2) is 0 Å². The second-order valence-electron chi connectivity index (χ2n) is 10.7. The molecule has 0 aliphatic carbocycles. The number of fused-ring (bicyclic) bond motifs is 5. The van der Waals surface area contributed by atoms with Crippen LogP contribution in [0.25, 0.3) is 10.8 Å². The Morgan fingerprint density at radius 3 is 2.33 bits per heavy atom. The van der Waals surface area contributed by atoms with Crippen LogP contribution < -0.4 is 15.1 Å². The van der Waals surface area contributed by atoms with Crippen molar-refractivity contribution in [2.45, 2.75) is 24.5 Å². The number of carbonyl (C=O) groups is 3. The van der Waals surface area contributed by atoms with E-state index in [4.69, 9.17) is 0 Å². The Labute approximate surface area is 237 Å². The van der Waals surface area contributed by atoms with Crippen LogP contribution in [-0.4, -0.2) is 35.8 Å². The van der Waals surface area contributed by atoms with Crippen molar-refractivity contribution in [3.05, 3.63) is 108 Å². The van der Waals surface area contributed by atoms with Crippen molar-refractivity contribution >= 4 is 51.6 Å². The Kier molecular flexibility index (Phi) is 6.02. The van der Waals surface area contributed by atoms with Crippen molar-refractivity contribution in [2.24, 2.45) is 11.8 Å². The second kappa shape index (κ2) is 9.61. The van der Waals surface area contributed by atoms with Crippen molar-refractivity contribution in [3.8, 4) is 0 Å². The minimum absolute atomic E-state index is 0.167. The average molecular weight is 548 g/mol. The zero-order chi connectivity index (χ0) is 27.4. The Bertz CT molecular complexity index is 1650. The number of nitrogens with one attached hydrogen (secondary N) is 1. The molecule has 7 heteroatoms. The lowest BCUT2D eigenvalue weighted by Gasteiger charge is -2.31. The van der Waals surface area contributed by atoms with Crippen LogP contribution >= 0.6 is 11.8 Å². The van der Waals surface area contributed by atoms with E-state index in [0.29, 0.717) is 18.7 Å². The van der Waals surface area contributed by atoms with E-state index in [2.05, 4.69) is 5.32 Å². The number of imide groups is 1. The molecule has 0 radical (unpaired) electrons. The summed E-state index contributed by atoms with van der Waals surface area (Å²) in [4.78, 5) is 46.6. The first-order valence-electron chi connectivity index (χ1n) is 13.6. The summed E-state index contributed by atoms with van der Waals surface area (Å²) in [6.07, 6.45) is 2.71. The van der Waals surface area contributed by atoms with Gasteiger partial charge in [-0.2, -0.15) is 11.8 Å². The van der Waals surface area contributed by atoms with Crippen LogP contribution in [0.3, 0.4) is 0 Å². The monoisotopic (exact) mass is 547 g/mol. The minimum Gasteiger partial charge on any atom is -0.306 e. The molecule has 3 amide bonds. The van der Waals surface area contributed by atoms with Gasteiger partial charge in [-0.3, -0.25) is 19.7 Å². The number of benzene rings is 4. The standard InChI is InChI=1S/C33H29N3O3S/c1-40-19-18-25-28-29(31(38)36(30(28)37)26-17-9-13-22-12-5-6-14-23(22)26)33(34-25)24-15-7-8-16-27(24)35(32(33)39)20-21-10-3-2-4-11-21/h2-17,25,28-29,34H,18-20H2,1H3/t25-,28-,29+,33-/m0/s1. The molecule has 1 spiro atoms. The average Bonchev–Trinajstić information content (AvgIpc) is 3.55. The van der Waals surface area contributed by atoms with Gasteiger partial charge in [0.1, 0.15) is 5.54 Å². The van der Waals surface area contributed by atoms with Crippen LogP contribution in [-0.2, 0) is 26.5 Å². The number of carbonyl (C=O) groups excluding carboxylic acids is 3. The molecule has 0 unspecified atom stereocenters. The van der Waals surface area contributed by atoms with Gasteiger partial charge in [-0.05, 0) is 41.5 Å². The highest BCUT2D eigenvalue weighted by Gasteiger charge is 2.71.